The van der Waals surface area contributed by atoms with Crippen LogP contribution < -0.4 is 5.73 Å². The second-order valence-corrected chi connectivity index (χ2v) is 2.70. The fourth-order valence-electron chi connectivity index (χ4n) is 0.813. The number of carbonyl (C=O) groups is 2. The minimum atomic E-state index is -0.381. The van der Waals surface area contributed by atoms with Crippen LogP contribution >= 0.6 is 0 Å². The van der Waals surface area contributed by atoms with Crippen molar-refractivity contribution in [1.82, 2.24) is 0 Å². The van der Waals surface area contributed by atoms with Crippen LogP contribution in [0.5, 0.6) is 0 Å². The molecule has 5 nitrogen and oxygen atoms in total. The lowest BCUT2D eigenvalue weighted by Gasteiger charge is -2.03. The van der Waals surface area contributed by atoms with E-state index in [0.717, 1.165) is 0 Å². The molecule has 82 valence electrons. The molecule has 2 N–H and O–H groups in total. The molecule has 0 aromatic heterocycles. The van der Waals surface area contributed by atoms with Gasteiger partial charge in [0.15, 0.2) is 12.1 Å². The summed E-state index contributed by atoms with van der Waals surface area (Å²) in [5, 5.41) is 0. The smallest absolute Gasteiger partial charge is 0.195 e. The first-order valence-electron chi connectivity index (χ1n) is 4.65. The van der Waals surface area contributed by atoms with E-state index in [9.17, 15) is 9.59 Å². The maximum atomic E-state index is 10.5. The average molecular weight is 203 g/mol. The van der Waals surface area contributed by atoms with Gasteiger partial charge >= 0.3 is 0 Å². The number of ketones is 1. The molecule has 0 aliphatic carbocycles. The molecule has 0 bridgehead atoms. The normalized spacial score (nSPS) is 10.1. The van der Waals surface area contributed by atoms with Gasteiger partial charge in [0.1, 0.15) is 0 Å². The fraction of sp³-hybridized carbons (Fsp3) is 0.778. The van der Waals surface area contributed by atoms with Gasteiger partial charge in [-0.15, -0.1) is 0 Å². The molecular formula is C9H17NO4. The molecule has 0 rings (SSSR count). The third-order valence-corrected chi connectivity index (χ3v) is 1.48. The van der Waals surface area contributed by atoms with Crippen LogP contribution in [0.3, 0.4) is 0 Å². The number of nitrogens with two attached hydrogens (primary N) is 1. The number of rotatable bonds is 10. The van der Waals surface area contributed by atoms with Crippen molar-refractivity contribution >= 4 is 12.1 Å². The van der Waals surface area contributed by atoms with Crippen LogP contribution in [-0.2, 0) is 19.1 Å². The van der Waals surface area contributed by atoms with Gasteiger partial charge < -0.3 is 15.2 Å². The van der Waals surface area contributed by atoms with Gasteiger partial charge in [-0.3, -0.25) is 9.59 Å². The van der Waals surface area contributed by atoms with Crippen molar-refractivity contribution in [3.63, 3.8) is 0 Å². The van der Waals surface area contributed by atoms with E-state index in [-0.39, 0.29) is 12.2 Å². The average Bonchev–Trinajstić information content (AvgIpc) is 2.21. The Kier molecular flexibility index (Phi) is 9.73. The number of hydrogen-bond donors (Lipinski definition) is 1. The van der Waals surface area contributed by atoms with Crippen LogP contribution in [0.15, 0.2) is 0 Å². The van der Waals surface area contributed by atoms with Crippen LogP contribution in [0.4, 0.5) is 0 Å². The lowest BCUT2D eigenvalue weighted by Crippen LogP contribution is -2.12. The highest BCUT2D eigenvalue weighted by Crippen LogP contribution is 1.90. The van der Waals surface area contributed by atoms with E-state index < -0.39 is 0 Å². The molecule has 5 heteroatoms. The number of aldehydes is 1. The summed E-state index contributed by atoms with van der Waals surface area (Å²) in [5.74, 6) is -0.381. The molecule has 0 aliphatic heterocycles. The molecule has 0 saturated heterocycles. The van der Waals surface area contributed by atoms with E-state index in [1.54, 1.807) is 0 Å². The molecule has 14 heavy (non-hydrogen) atoms. The van der Waals surface area contributed by atoms with E-state index >= 15 is 0 Å². The van der Waals surface area contributed by atoms with Crippen LogP contribution in [-0.4, -0.2) is 45.0 Å². The minimum absolute atomic E-state index is 0.257. The highest BCUT2D eigenvalue weighted by Gasteiger charge is 1.97. The zero-order valence-electron chi connectivity index (χ0n) is 8.24. The van der Waals surface area contributed by atoms with Crippen molar-refractivity contribution in [2.45, 2.75) is 12.8 Å². The predicted molar refractivity (Wildman–Crippen MR) is 51.0 cm³/mol. The summed E-state index contributed by atoms with van der Waals surface area (Å²) >= 11 is 0. The van der Waals surface area contributed by atoms with Gasteiger partial charge in [-0.05, 0) is 6.42 Å². The summed E-state index contributed by atoms with van der Waals surface area (Å²) in [6, 6.07) is 0. The SMILES string of the molecule is NCCOCCOCCCC(=O)C=O. The maximum Gasteiger partial charge on any atom is 0.195 e. The van der Waals surface area contributed by atoms with Crippen molar-refractivity contribution < 1.29 is 19.1 Å². The largest absolute Gasteiger partial charge is 0.379 e. The minimum Gasteiger partial charge on any atom is -0.379 e. The number of Topliss-reactive ketones (excluding diaryl/α,β-unsaturated/α-hetero) is 1. The molecule has 0 unspecified atom stereocenters. The Morgan fingerprint density at radius 3 is 2.36 bits per heavy atom. The number of hydrogen-bond acceptors (Lipinski definition) is 5. The van der Waals surface area contributed by atoms with Gasteiger partial charge in [0.05, 0.1) is 19.8 Å². The molecule has 0 radical (unpaired) electrons. The molecule has 0 fully saturated rings. The topological polar surface area (TPSA) is 78.6 Å². The van der Waals surface area contributed by atoms with Crippen molar-refractivity contribution in [3.8, 4) is 0 Å². The van der Waals surface area contributed by atoms with Crippen LogP contribution in [0, 0.1) is 0 Å². The van der Waals surface area contributed by atoms with E-state index in [1.807, 2.05) is 0 Å². The molecule has 0 heterocycles. The van der Waals surface area contributed by atoms with Gasteiger partial charge in [-0.2, -0.15) is 0 Å². The predicted octanol–water partition coefficient (Wildman–Crippen LogP) is -0.474. The van der Waals surface area contributed by atoms with Gasteiger partial charge in [0, 0.05) is 19.6 Å². The summed E-state index contributed by atoms with van der Waals surface area (Å²) in [7, 11) is 0. The summed E-state index contributed by atoms with van der Waals surface area (Å²) in [5.41, 5.74) is 5.20. The molecule has 0 atom stereocenters. The first-order chi connectivity index (χ1) is 6.81. The van der Waals surface area contributed by atoms with Crippen molar-refractivity contribution in [2.75, 3.05) is 33.0 Å². The van der Waals surface area contributed by atoms with E-state index in [1.165, 1.54) is 0 Å². The third kappa shape index (κ3) is 9.31. The van der Waals surface area contributed by atoms with Crippen LogP contribution in [0.25, 0.3) is 0 Å². The summed E-state index contributed by atoms with van der Waals surface area (Å²) < 4.78 is 10.2. The molecule has 0 amide bonds. The van der Waals surface area contributed by atoms with E-state index in [2.05, 4.69) is 0 Å². The monoisotopic (exact) mass is 203 g/mol. The molecular weight excluding hydrogens is 186 g/mol. The van der Waals surface area contributed by atoms with E-state index in [4.69, 9.17) is 15.2 Å². The highest BCUT2D eigenvalue weighted by molar-refractivity contribution is 6.24. The maximum absolute atomic E-state index is 10.5. The zero-order chi connectivity index (χ0) is 10.6. The van der Waals surface area contributed by atoms with Gasteiger partial charge in [0.2, 0.25) is 0 Å². The Morgan fingerprint density at radius 1 is 1.14 bits per heavy atom. The molecule has 0 aromatic rings. The molecule has 0 aromatic carbocycles. The Labute approximate surface area is 83.5 Å². The Bertz CT molecular complexity index is 161. The van der Waals surface area contributed by atoms with Crippen LogP contribution in [0.1, 0.15) is 12.8 Å². The number of carbonyl (C=O) groups excluding carboxylic acids is 2. The molecule has 0 aliphatic rings. The first kappa shape index (κ1) is 13.2. The third-order valence-electron chi connectivity index (χ3n) is 1.48. The second-order valence-electron chi connectivity index (χ2n) is 2.70. The van der Waals surface area contributed by atoms with Gasteiger partial charge in [0.25, 0.3) is 0 Å². The fourth-order valence-corrected chi connectivity index (χ4v) is 0.813. The highest BCUT2D eigenvalue weighted by atomic mass is 16.5. The Morgan fingerprint density at radius 2 is 1.79 bits per heavy atom. The van der Waals surface area contributed by atoms with Gasteiger partial charge in [-0.1, -0.05) is 0 Å². The lowest BCUT2D eigenvalue weighted by molar-refractivity contribution is -0.130. The van der Waals surface area contributed by atoms with Gasteiger partial charge in [-0.25, -0.2) is 0 Å². The molecule has 0 saturated carbocycles. The number of ether oxygens (including phenoxy) is 2. The van der Waals surface area contributed by atoms with Crippen molar-refractivity contribution in [1.29, 1.82) is 0 Å². The summed E-state index contributed by atoms with van der Waals surface area (Å²) in [6.07, 6.45) is 1.17. The Hall–Kier alpha value is -0.780. The summed E-state index contributed by atoms with van der Waals surface area (Å²) in [6.45, 7) is 2.53. The summed E-state index contributed by atoms with van der Waals surface area (Å²) in [4.78, 5) is 20.4. The standard InChI is InChI=1S/C9H17NO4/c10-3-5-14-7-6-13-4-1-2-9(12)8-11/h8H,1-7,10H2. The lowest BCUT2D eigenvalue weighted by atomic mass is 10.2. The van der Waals surface area contributed by atoms with Crippen LogP contribution in [0.2, 0.25) is 0 Å². The molecule has 0 spiro atoms. The van der Waals surface area contributed by atoms with Crippen molar-refractivity contribution in [3.05, 3.63) is 0 Å². The zero-order valence-corrected chi connectivity index (χ0v) is 8.24. The van der Waals surface area contributed by atoms with Crippen molar-refractivity contribution in [2.24, 2.45) is 5.73 Å². The Balaban J connectivity index is 2.99. The quantitative estimate of drug-likeness (QED) is 0.295. The second kappa shape index (κ2) is 10.3. The first-order valence-corrected chi connectivity index (χ1v) is 4.65. The van der Waals surface area contributed by atoms with E-state index in [0.29, 0.717) is 45.7 Å².